The Bertz CT molecular complexity index is 157. The summed E-state index contributed by atoms with van der Waals surface area (Å²) < 4.78 is 1.17. The minimum absolute atomic E-state index is 1.12. The van der Waals surface area contributed by atoms with Crippen molar-refractivity contribution in [2.75, 3.05) is 32.5 Å². The van der Waals surface area contributed by atoms with Crippen LogP contribution in [0.4, 0.5) is 0 Å². The van der Waals surface area contributed by atoms with E-state index in [9.17, 15) is 0 Å². The minimum Gasteiger partial charge on any atom is -0.328 e. The van der Waals surface area contributed by atoms with Crippen LogP contribution in [-0.2, 0) is 0 Å². The second-order valence-electron chi connectivity index (χ2n) is 5.90. The molecule has 17 heavy (non-hydrogen) atoms. The molecule has 0 rings (SSSR count). The van der Waals surface area contributed by atoms with Crippen LogP contribution in [0, 0.1) is 0 Å². The quantitative estimate of drug-likeness (QED) is 0.271. The van der Waals surface area contributed by atoms with Gasteiger partial charge in [-0.2, -0.15) is 0 Å². The zero-order valence-electron chi connectivity index (χ0n) is 12.3. The molecule has 0 N–H and O–H groups in total. The van der Waals surface area contributed by atoms with E-state index < -0.39 is 0 Å². The molecule has 0 heterocycles. The Morgan fingerprint density at radius 3 is 1.65 bits per heavy atom. The predicted molar refractivity (Wildman–Crippen MR) is 82.9 cm³/mol. The fraction of sp³-hybridized carbons (Fsp3) is 1.00. The summed E-state index contributed by atoms with van der Waals surface area (Å²) in [6, 6.07) is 0. The molecule has 0 aliphatic heterocycles. The van der Waals surface area contributed by atoms with Crippen LogP contribution < -0.4 is 0 Å². The second-order valence-corrected chi connectivity index (χ2v) is 6.69. The summed E-state index contributed by atoms with van der Waals surface area (Å²) in [4.78, 5) is 0. The molecule has 0 aromatic rings. The Morgan fingerprint density at radius 2 is 1.18 bits per heavy atom. The molecular formula is C15H33BrN+. The van der Waals surface area contributed by atoms with Crippen LogP contribution in [0.1, 0.15) is 64.7 Å². The summed E-state index contributed by atoms with van der Waals surface area (Å²) in [5, 5.41) is 1.12. The standard InChI is InChI=1S/C15H33BrN/c1-4-5-6-7-8-9-10-11-12-14-17(2,3)15-13-16/h4-15H2,1-3H3/q+1. The molecule has 0 radical (unpaired) electrons. The Morgan fingerprint density at radius 1 is 0.706 bits per heavy atom. The van der Waals surface area contributed by atoms with Gasteiger partial charge in [-0.25, -0.2) is 0 Å². The predicted octanol–water partition coefficient (Wildman–Crippen LogP) is 4.99. The highest BCUT2D eigenvalue weighted by atomic mass is 79.9. The smallest absolute Gasteiger partial charge is 0.0880 e. The van der Waals surface area contributed by atoms with Crippen LogP contribution in [0.15, 0.2) is 0 Å². The number of rotatable bonds is 12. The zero-order valence-corrected chi connectivity index (χ0v) is 13.9. The summed E-state index contributed by atoms with van der Waals surface area (Å²) in [7, 11) is 4.68. The molecule has 0 atom stereocenters. The van der Waals surface area contributed by atoms with Crippen molar-refractivity contribution in [3.8, 4) is 0 Å². The minimum atomic E-state index is 1.12. The first-order chi connectivity index (χ1) is 8.12. The van der Waals surface area contributed by atoms with Gasteiger partial charge in [-0.3, -0.25) is 0 Å². The molecule has 0 saturated heterocycles. The van der Waals surface area contributed by atoms with E-state index in [1.807, 2.05) is 0 Å². The number of alkyl halides is 1. The van der Waals surface area contributed by atoms with Gasteiger partial charge in [0.25, 0.3) is 0 Å². The summed E-state index contributed by atoms with van der Waals surface area (Å²) >= 11 is 3.53. The first-order valence-corrected chi connectivity index (χ1v) is 8.62. The van der Waals surface area contributed by atoms with E-state index in [0.717, 1.165) is 5.33 Å². The fourth-order valence-corrected chi connectivity index (χ4v) is 3.15. The summed E-state index contributed by atoms with van der Waals surface area (Å²) in [5.74, 6) is 0. The van der Waals surface area contributed by atoms with Crippen LogP contribution in [-0.4, -0.2) is 37.0 Å². The van der Waals surface area contributed by atoms with Gasteiger partial charge in [-0.1, -0.05) is 67.8 Å². The molecule has 0 aliphatic rings. The van der Waals surface area contributed by atoms with E-state index in [0.29, 0.717) is 0 Å². The number of halogens is 1. The van der Waals surface area contributed by atoms with Crippen molar-refractivity contribution in [3.63, 3.8) is 0 Å². The van der Waals surface area contributed by atoms with E-state index >= 15 is 0 Å². The number of hydrogen-bond acceptors (Lipinski definition) is 0. The highest BCUT2D eigenvalue weighted by Crippen LogP contribution is 2.11. The van der Waals surface area contributed by atoms with Gasteiger partial charge in [0.05, 0.1) is 32.5 Å². The first-order valence-electron chi connectivity index (χ1n) is 7.50. The van der Waals surface area contributed by atoms with Crippen molar-refractivity contribution < 1.29 is 4.48 Å². The van der Waals surface area contributed by atoms with E-state index in [1.165, 1.54) is 75.4 Å². The molecular weight excluding hydrogens is 274 g/mol. The molecule has 0 saturated carbocycles. The Hall–Kier alpha value is 0.440. The Kier molecular flexibility index (Phi) is 11.8. The number of nitrogens with zero attached hydrogens (tertiary/aromatic N) is 1. The molecule has 0 bridgehead atoms. The molecule has 0 fully saturated rings. The average molecular weight is 307 g/mol. The fourth-order valence-electron chi connectivity index (χ4n) is 2.19. The lowest BCUT2D eigenvalue weighted by Gasteiger charge is -2.29. The van der Waals surface area contributed by atoms with Gasteiger partial charge in [0.15, 0.2) is 0 Å². The van der Waals surface area contributed by atoms with E-state index in [4.69, 9.17) is 0 Å². The summed E-state index contributed by atoms with van der Waals surface area (Å²) in [6.07, 6.45) is 12.9. The topological polar surface area (TPSA) is 0 Å². The highest BCUT2D eigenvalue weighted by molar-refractivity contribution is 9.09. The third-order valence-electron chi connectivity index (χ3n) is 3.56. The van der Waals surface area contributed by atoms with Gasteiger partial charge in [-0.05, 0) is 12.8 Å². The van der Waals surface area contributed by atoms with Gasteiger partial charge >= 0.3 is 0 Å². The van der Waals surface area contributed by atoms with E-state index in [2.05, 4.69) is 36.9 Å². The van der Waals surface area contributed by atoms with Crippen molar-refractivity contribution in [1.29, 1.82) is 0 Å². The van der Waals surface area contributed by atoms with Gasteiger partial charge < -0.3 is 4.48 Å². The van der Waals surface area contributed by atoms with Crippen LogP contribution in [0.3, 0.4) is 0 Å². The van der Waals surface area contributed by atoms with Crippen molar-refractivity contribution in [2.24, 2.45) is 0 Å². The van der Waals surface area contributed by atoms with Crippen molar-refractivity contribution >= 4 is 15.9 Å². The molecule has 0 aliphatic carbocycles. The largest absolute Gasteiger partial charge is 0.328 e. The number of hydrogen-bond donors (Lipinski definition) is 0. The molecule has 104 valence electrons. The van der Waals surface area contributed by atoms with Crippen LogP contribution >= 0.6 is 15.9 Å². The van der Waals surface area contributed by atoms with Crippen LogP contribution in [0.2, 0.25) is 0 Å². The molecule has 1 nitrogen and oxygen atoms in total. The molecule has 0 spiro atoms. The van der Waals surface area contributed by atoms with Crippen molar-refractivity contribution in [1.82, 2.24) is 0 Å². The second kappa shape index (κ2) is 11.5. The maximum absolute atomic E-state index is 3.53. The Balaban J connectivity index is 3.18. The number of unbranched alkanes of at least 4 members (excludes halogenated alkanes) is 8. The third-order valence-corrected chi connectivity index (χ3v) is 3.91. The maximum atomic E-state index is 3.53. The van der Waals surface area contributed by atoms with Crippen LogP contribution in [0.5, 0.6) is 0 Å². The first kappa shape index (κ1) is 17.4. The third kappa shape index (κ3) is 12.7. The lowest BCUT2D eigenvalue weighted by atomic mass is 10.1. The normalized spacial score (nSPS) is 12.0. The SMILES string of the molecule is CCCCCCCCCCC[N+](C)(C)CCBr. The van der Waals surface area contributed by atoms with E-state index in [1.54, 1.807) is 0 Å². The molecule has 0 aromatic heterocycles. The molecule has 0 amide bonds. The Labute approximate surface area is 118 Å². The highest BCUT2D eigenvalue weighted by Gasteiger charge is 2.12. The average Bonchev–Trinajstić information content (AvgIpc) is 2.27. The lowest BCUT2D eigenvalue weighted by Crippen LogP contribution is -2.41. The van der Waals surface area contributed by atoms with Gasteiger partial charge in [0.1, 0.15) is 0 Å². The van der Waals surface area contributed by atoms with Gasteiger partial charge in [-0.15, -0.1) is 0 Å². The number of quaternary nitrogens is 1. The van der Waals surface area contributed by atoms with E-state index in [-0.39, 0.29) is 0 Å². The molecule has 2 heteroatoms. The zero-order chi connectivity index (χ0) is 13.0. The monoisotopic (exact) mass is 306 g/mol. The van der Waals surface area contributed by atoms with Crippen molar-refractivity contribution in [2.45, 2.75) is 64.7 Å². The molecule has 0 aromatic carbocycles. The summed E-state index contributed by atoms with van der Waals surface area (Å²) in [6.45, 7) is 4.87. The van der Waals surface area contributed by atoms with Crippen LogP contribution in [0.25, 0.3) is 0 Å². The summed E-state index contributed by atoms with van der Waals surface area (Å²) in [5.41, 5.74) is 0. The van der Waals surface area contributed by atoms with Gasteiger partial charge in [0, 0.05) is 0 Å². The molecule has 0 unspecified atom stereocenters. The maximum Gasteiger partial charge on any atom is 0.0880 e. The lowest BCUT2D eigenvalue weighted by molar-refractivity contribution is -0.887. The van der Waals surface area contributed by atoms with Crippen molar-refractivity contribution in [3.05, 3.63) is 0 Å². The van der Waals surface area contributed by atoms with Gasteiger partial charge in [0.2, 0.25) is 0 Å².